The Morgan fingerprint density at radius 1 is 1.13 bits per heavy atom. The molecule has 0 saturated heterocycles. The molecule has 1 aliphatic rings. The summed E-state index contributed by atoms with van der Waals surface area (Å²) in [6, 6.07) is 15.3. The van der Waals surface area contributed by atoms with Crippen molar-refractivity contribution in [1.29, 1.82) is 0 Å². The molecule has 0 spiro atoms. The van der Waals surface area contributed by atoms with E-state index in [0.717, 1.165) is 47.0 Å². The smallest absolute Gasteiger partial charge is 0.256 e. The van der Waals surface area contributed by atoms with Gasteiger partial charge in [-0.2, -0.15) is 5.10 Å². The van der Waals surface area contributed by atoms with Gasteiger partial charge in [0.1, 0.15) is 25.0 Å². The van der Waals surface area contributed by atoms with Crippen molar-refractivity contribution in [2.45, 2.75) is 25.8 Å². The first-order valence-corrected chi connectivity index (χ1v) is 10.0. The lowest BCUT2D eigenvalue weighted by molar-refractivity contribution is 0.102. The highest BCUT2D eigenvalue weighted by atomic mass is 16.5. The van der Waals surface area contributed by atoms with Crippen LogP contribution < -0.4 is 10.1 Å². The molecule has 0 atom stereocenters. The second-order valence-corrected chi connectivity index (χ2v) is 7.27. The number of rotatable bonds is 6. The number of aromatic nitrogens is 4. The van der Waals surface area contributed by atoms with Crippen molar-refractivity contribution in [2.24, 2.45) is 0 Å². The van der Waals surface area contributed by atoms with Crippen molar-refractivity contribution in [3.63, 3.8) is 0 Å². The Hall–Kier alpha value is -3.74. The number of fused-ring (bicyclic) bond motifs is 2. The average Bonchev–Trinajstić information content (AvgIpc) is 3.44. The number of anilines is 1. The molecule has 150 valence electrons. The summed E-state index contributed by atoms with van der Waals surface area (Å²) >= 11 is 0. The van der Waals surface area contributed by atoms with E-state index in [1.807, 2.05) is 48.5 Å². The van der Waals surface area contributed by atoms with Crippen LogP contribution in [0.2, 0.25) is 0 Å². The Kier molecular flexibility index (Phi) is 4.85. The summed E-state index contributed by atoms with van der Waals surface area (Å²) in [5, 5.41) is 8.00. The maximum atomic E-state index is 13.3. The molecule has 2 aromatic heterocycles. The minimum Gasteiger partial charge on any atom is -0.492 e. The van der Waals surface area contributed by atoms with Gasteiger partial charge < -0.3 is 10.1 Å². The van der Waals surface area contributed by atoms with Gasteiger partial charge in [0, 0.05) is 22.8 Å². The normalized spacial score (nSPS) is 12.7. The fourth-order valence-electron chi connectivity index (χ4n) is 3.93. The molecule has 5 rings (SSSR count). The van der Waals surface area contributed by atoms with E-state index < -0.39 is 0 Å². The Bertz CT molecular complexity index is 1200. The summed E-state index contributed by atoms with van der Waals surface area (Å²) in [4.78, 5) is 21.9. The van der Waals surface area contributed by atoms with E-state index in [2.05, 4.69) is 15.4 Å². The van der Waals surface area contributed by atoms with Gasteiger partial charge in [0.2, 0.25) is 0 Å². The number of para-hydroxylation sites is 1. The van der Waals surface area contributed by atoms with E-state index >= 15 is 0 Å². The van der Waals surface area contributed by atoms with Crippen molar-refractivity contribution >= 4 is 22.5 Å². The van der Waals surface area contributed by atoms with Crippen LogP contribution in [-0.2, 0) is 19.4 Å². The van der Waals surface area contributed by atoms with Crippen molar-refractivity contribution in [3.8, 4) is 5.75 Å². The lowest BCUT2D eigenvalue weighted by Crippen LogP contribution is -2.16. The second kappa shape index (κ2) is 7.94. The van der Waals surface area contributed by atoms with Gasteiger partial charge in [0.05, 0.1) is 17.6 Å². The Morgan fingerprint density at radius 2 is 2.07 bits per heavy atom. The number of carbonyl (C=O) groups is 1. The first kappa shape index (κ1) is 18.3. The molecule has 30 heavy (non-hydrogen) atoms. The van der Waals surface area contributed by atoms with Crippen LogP contribution in [-0.4, -0.2) is 32.3 Å². The number of aryl methyl sites for hydroxylation is 1. The molecular formula is C23H21N5O2. The van der Waals surface area contributed by atoms with Crippen LogP contribution in [0.4, 0.5) is 5.69 Å². The van der Waals surface area contributed by atoms with Crippen molar-refractivity contribution in [1.82, 2.24) is 19.7 Å². The third-order valence-corrected chi connectivity index (χ3v) is 5.29. The Morgan fingerprint density at radius 3 is 2.97 bits per heavy atom. The molecule has 4 aromatic rings. The highest BCUT2D eigenvalue weighted by molar-refractivity contribution is 6.13. The molecular weight excluding hydrogens is 378 g/mol. The molecule has 7 heteroatoms. The van der Waals surface area contributed by atoms with Gasteiger partial charge in [-0.1, -0.05) is 24.3 Å². The van der Waals surface area contributed by atoms with Crippen LogP contribution in [0.3, 0.4) is 0 Å². The van der Waals surface area contributed by atoms with E-state index in [-0.39, 0.29) is 5.91 Å². The standard InChI is InChI=1S/C23H21N5O2/c29-23(22-18-7-1-2-9-20(18)27-21-10-4-8-19(21)22)26-16-5-3-6-17(13-16)30-12-11-28-15-24-14-25-28/h1-3,5-7,9,13-15H,4,8,10-12H2,(H,26,29). The summed E-state index contributed by atoms with van der Waals surface area (Å²) in [6.07, 6.45) is 6.00. The number of amides is 1. The third-order valence-electron chi connectivity index (χ3n) is 5.29. The number of nitrogens with zero attached hydrogens (tertiary/aromatic N) is 4. The number of ether oxygens (including phenoxy) is 1. The molecule has 1 N–H and O–H groups in total. The van der Waals surface area contributed by atoms with Crippen LogP contribution >= 0.6 is 0 Å². The molecule has 0 aliphatic heterocycles. The molecule has 2 heterocycles. The predicted octanol–water partition coefficient (Wildman–Crippen LogP) is 3.65. The summed E-state index contributed by atoms with van der Waals surface area (Å²) in [5.74, 6) is 0.587. The molecule has 0 radical (unpaired) electrons. The van der Waals surface area contributed by atoms with Crippen LogP contribution in [0, 0.1) is 0 Å². The molecule has 0 unspecified atom stereocenters. The molecule has 7 nitrogen and oxygen atoms in total. The largest absolute Gasteiger partial charge is 0.492 e. The van der Waals surface area contributed by atoms with E-state index in [4.69, 9.17) is 9.72 Å². The molecule has 2 aromatic carbocycles. The zero-order valence-electron chi connectivity index (χ0n) is 16.4. The van der Waals surface area contributed by atoms with E-state index in [0.29, 0.717) is 24.6 Å². The zero-order valence-corrected chi connectivity index (χ0v) is 16.4. The zero-order chi connectivity index (χ0) is 20.3. The SMILES string of the molecule is O=C(Nc1cccc(OCCn2cncn2)c1)c1c2c(nc3ccccc13)CCC2. The predicted molar refractivity (Wildman–Crippen MR) is 114 cm³/mol. The molecule has 0 fully saturated rings. The van der Waals surface area contributed by atoms with Crippen LogP contribution in [0.15, 0.2) is 61.2 Å². The van der Waals surface area contributed by atoms with Gasteiger partial charge in [-0.15, -0.1) is 0 Å². The molecule has 1 amide bonds. The second-order valence-electron chi connectivity index (χ2n) is 7.27. The van der Waals surface area contributed by atoms with E-state index in [1.54, 1.807) is 11.0 Å². The van der Waals surface area contributed by atoms with Crippen LogP contribution in [0.5, 0.6) is 5.75 Å². The minimum atomic E-state index is -0.105. The van der Waals surface area contributed by atoms with Gasteiger partial charge in [0.15, 0.2) is 0 Å². The monoisotopic (exact) mass is 399 g/mol. The van der Waals surface area contributed by atoms with Crippen LogP contribution in [0.25, 0.3) is 10.9 Å². The number of benzene rings is 2. The van der Waals surface area contributed by atoms with Crippen molar-refractivity contribution < 1.29 is 9.53 Å². The van der Waals surface area contributed by atoms with Crippen molar-refractivity contribution in [3.05, 3.63) is 78.0 Å². The Balaban J connectivity index is 1.36. The maximum absolute atomic E-state index is 13.3. The Labute approximate surface area is 173 Å². The molecule has 0 saturated carbocycles. The number of pyridine rings is 1. The first-order valence-electron chi connectivity index (χ1n) is 10.0. The van der Waals surface area contributed by atoms with Gasteiger partial charge in [-0.3, -0.25) is 9.78 Å². The number of nitrogens with one attached hydrogen (secondary N) is 1. The fourth-order valence-corrected chi connectivity index (χ4v) is 3.93. The lowest BCUT2D eigenvalue weighted by atomic mass is 10.0. The fraction of sp³-hybridized carbons (Fsp3) is 0.217. The van der Waals surface area contributed by atoms with Gasteiger partial charge in [-0.05, 0) is 43.0 Å². The van der Waals surface area contributed by atoms with Crippen LogP contribution in [0.1, 0.15) is 28.0 Å². The summed E-state index contributed by atoms with van der Waals surface area (Å²) < 4.78 is 7.51. The highest BCUT2D eigenvalue weighted by Gasteiger charge is 2.23. The average molecular weight is 399 g/mol. The summed E-state index contributed by atoms with van der Waals surface area (Å²) in [6.45, 7) is 1.06. The third kappa shape index (κ3) is 3.61. The number of carbonyl (C=O) groups excluding carboxylic acids is 1. The minimum absolute atomic E-state index is 0.105. The highest BCUT2D eigenvalue weighted by Crippen LogP contribution is 2.30. The topological polar surface area (TPSA) is 81.9 Å². The quantitative estimate of drug-likeness (QED) is 0.535. The van der Waals surface area contributed by atoms with E-state index in [1.165, 1.54) is 6.33 Å². The van der Waals surface area contributed by atoms with E-state index in [9.17, 15) is 4.79 Å². The van der Waals surface area contributed by atoms with Gasteiger partial charge >= 0.3 is 0 Å². The number of hydrogen-bond donors (Lipinski definition) is 1. The summed E-state index contributed by atoms with van der Waals surface area (Å²) in [5.41, 5.74) is 4.43. The number of hydrogen-bond acceptors (Lipinski definition) is 5. The molecule has 1 aliphatic carbocycles. The first-order chi connectivity index (χ1) is 14.8. The summed E-state index contributed by atoms with van der Waals surface area (Å²) in [7, 11) is 0. The van der Waals surface area contributed by atoms with Gasteiger partial charge in [-0.25, -0.2) is 9.67 Å². The van der Waals surface area contributed by atoms with Crippen molar-refractivity contribution in [2.75, 3.05) is 11.9 Å². The lowest BCUT2D eigenvalue weighted by Gasteiger charge is -2.13. The maximum Gasteiger partial charge on any atom is 0.256 e. The van der Waals surface area contributed by atoms with Gasteiger partial charge in [0.25, 0.3) is 5.91 Å². The molecule has 0 bridgehead atoms.